The minimum absolute atomic E-state index is 0.358. The van der Waals surface area contributed by atoms with E-state index in [0.717, 1.165) is 27.9 Å². The third kappa shape index (κ3) is 2.92. The maximum atomic E-state index is 9.77. The molecule has 2 aromatic carbocycles. The lowest BCUT2D eigenvalue weighted by Crippen LogP contribution is -2.02. The number of aromatic hydroxyl groups is 1. The number of nitrogens with one attached hydrogen (secondary N) is 1. The summed E-state index contributed by atoms with van der Waals surface area (Å²) in [6, 6.07) is 11.7. The molecule has 0 radical (unpaired) electrons. The minimum Gasteiger partial charge on any atom is -0.507 e. The van der Waals surface area contributed by atoms with Gasteiger partial charge in [-0.1, -0.05) is 18.2 Å². The molecule has 0 saturated carbocycles. The van der Waals surface area contributed by atoms with Gasteiger partial charge in [-0.3, -0.25) is 0 Å². The molecule has 20 heavy (non-hydrogen) atoms. The first-order valence-electron chi connectivity index (χ1n) is 6.55. The lowest BCUT2D eigenvalue weighted by molar-refractivity contribution is 0.466. The fourth-order valence-corrected chi connectivity index (χ4v) is 2.23. The smallest absolute Gasteiger partial charge is 0.121 e. The summed E-state index contributed by atoms with van der Waals surface area (Å²) < 4.78 is 0. The van der Waals surface area contributed by atoms with Crippen LogP contribution < -0.4 is 5.32 Å². The number of rotatable bonds is 3. The average molecular weight is 266 g/mol. The van der Waals surface area contributed by atoms with Gasteiger partial charge in [-0.25, -0.2) is 0 Å². The molecule has 102 valence electrons. The van der Waals surface area contributed by atoms with E-state index in [1.54, 1.807) is 0 Å². The molecule has 0 spiro atoms. The standard InChI is InChI=1S/C17H18N2O/c1-11-4-5-14(9-18)8-16(11)19-10-15-6-12(2)17(20)13(3)7-15/h4-8,19-20H,10H2,1-3H3. The van der Waals surface area contributed by atoms with E-state index in [0.29, 0.717) is 17.9 Å². The second kappa shape index (κ2) is 5.66. The molecule has 0 fully saturated rings. The second-order valence-electron chi connectivity index (χ2n) is 5.07. The van der Waals surface area contributed by atoms with Gasteiger partial charge < -0.3 is 10.4 Å². The molecular formula is C17H18N2O. The SMILES string of the molecule is Cc1ccc(C#N)cc1NCc1cc(C)c(O)c(C)c1. The topological polar surface area (TPSA) is 56.0 Å². The van der Waals surface area contributed by atoms with E-state index in [1.807, 2.05) is 51.1 Å². The van der Waals surface area contributed by atoms with Crippen molar-refractivity contribution in [2.45, 2.75) is 27.3 Å². The van der Waals surface area contributed by atoms with Crippen LogP contribution in [0, 0.1) is 32.1 Å². The van der Waals surface area contributed by atoms with Gasteiger partial charge in [-0.05, 0) is 55.2 Å². The first-order valence-corrected chi connectivity index (χ1v) is 6.55. The van der Waals surface area contributed by atoms with E-state index in [9.17, 15) is 5.11 Å². The summed E-state index contributed by atoms with van der Waals surface area (Å²) in [5.41, 5.74) is 5.59. The zero-order valence-electron chi connectivity index (χ0n) is 12.0. The van der Waals surface area contributed by atoms with Gasteiger partial charge in [0.15, 0.2) is 0 Å². The van der Waals surface area contributed by atoms with Gasteiger partial charge in [-0.2, -0.15) is 5.26 Å². The van der Waals surface area contributed by atoms with Crippen molar-refractivity contribution in [3.8, 4) is 11.8 Å². The summed E-state index contributed by atoms with van der Waals surface area (Å²) in [4.78, 5) is 0. The third-order valence-corrected chi connectivity index (χ3v) is 3.40. The highest BCUT2D eigenvalue weighted by Crippen LogP contribution is 2.24. The fourth-order valence-electron chi connectivity index (χ4n) is 2.23. The van der Waals surface area contributed by atoms with Crippen LogP contribution in [0.3, 0.4) is 0 Å². The second-order valence-corrected chi connectivity index (χ2v) is 5.07. The number of nitriles is 1. The molecule has 0 atom stereocenters. The molecule has 0 aromatic heterocycles. The number of benzene rings is 2. The zero-order chi connectivity index (χ0) is 14.7. The number of hydrogen-bond acceptors (Lipinski definition) is 3. The van der Waals surface area contributed by atoms with Crippen molar-refractivity contribution in [3.05, 3.63) is 58.1 Å². The molecule has 0 aliphatic heterocycles. The van der Waals surface area contributed by atoms with Crippen LogP contribution in [0.25, 0.3) is 0 Å². The third-order valence-electron chi connectivity index (χ3n) is 3.40. The van der Waals surface area contributed by atoms with Crippen molar-refractivity contribution in [1.82, 2.24) is 0 Å². The van der Waals surface area contributed by atoms with Crippen LogP contribution in [0.15, 0.2) is 30.3 Å². The van der Waals surface area contributed by atoms with Crippen LogP contribution in [-0.4, -0.2) is 5.11 Å². The Morgan fingerprint density at radius 2 is 1.70 bits per heavy atom. The summed E-state index contributed by atoms with van der Waals surface area (Å²) in [5.74, 6) is 0.358. The minimum atomic E-state index is 0.358. The van der Waals surface area contributed by atoms with Crippen LogP contribution in [0.4, 0.5) is 5.69 Å². The Hall–Kier alpha value is -2.47. The van der Waals surface area contributed by atoms with E-state index in [4.69, 9.17) is 5.26 Å². The zero-order valence-corrected chi connectivity index (χ0v) is 12.0. The molecule has 0 amide bonds. The normalized spacial score (nSPS) is 10.1. The maximum Gasteiger partial charge on any atom is 0.121 e. The Morgan fingerprint density at radius 1 is 1.05 bits per heavy atom. The van der Waals surface area contributed by atoms with Crippen LogP contribution >= 0.6 is 0 Å². The number of anilines is 1. The Balaban J connectivity index is 2.19. The first kappa shape index (κ1) is 14.0. The van der Waals surface area contributed by atoms with Gasteiger partial charge in [0.05, 0.1) is 11.6 Å². The predicted octanol–water partition coefficient (Wildman–Crippen LogP) is 3.80. The molecule has 2 rings (SSSR count). The van der Waals surface area contributed by atoms with Crippen molar-refractivity contribution in [2.24, 2.45) is 0 Å². The molecule has 0 bridgehead atoms. The lowest BCUT2D eigenvalue weighted by Gasteiger charge is -2.12. The van der Waals surface area contributed by atoms with Gasteiger partial charge in [-0.15, -0.1) is 0 Å². The highest BCUT2D eigenvalue weighted by atomic mass is 16.3. The maximum absolute atomic E-state index is 9.77. The molecule has 0 aliphatic carbocycles. The number of hydrogen-bond donors (Lipinski definition) is 2. The van der Waals surface area contributed by atoms with Gasteiger partial charge in [0.1, 0.15) is 5.75 Å². The number of phenols is 1. The van der Waals surface area contributed by atoms with E-state index in [1.165, 1.54) is 0 Å². The van der Waals surface area contributed by atoms with E-state index in [-0.39, 0.29) is 0 Å². The van der Waals surface area contributed by atoms with Crippen LogP contribution in [0.2, 0.25) is 0 Å². The van der Waals surface area contributed by atoms with E-state index in [2.05, 4.69) is 11.4 Å². The first-order chi connectivity index (χ1) is 9.51. The number of aryl methyl sites for hydroxylation is 3. The van der Waals surface area contributed by atoms with Crippen molar-refractivity contribution >= 4 is 5.69 Å². The summed E-state index contributed by atoms with van der Waals surface area (Å²) in [5, 5.41) is 22.1. The molecule has 2 N–H and O–H groups in total. The van der Waals surface area contributed by atoms with Gasteiger partial charge >= 0.3 is 0 Å². The summed E-state index contributed by atoms with van der Waals surface area (Å²) in [7, 11) is 0. The summed E-state index contributed by atoms with van der Waals surface area (Å²) in [6.45, 7) is 6.47. The average Bonchev–Trinajstić information content (AvgIpc) is 2.43. The van der Waals surface area contributed by atoms with Gasteiger partial charge in [0, 0.05) is 12.2 Å². The Morgan fingerprint density at radius 3 is 2.30 bits per heavy atom. The fraction of sp³-hybridized carbons (Fsp3) is 0.235. The van der Waals surface area contributed by atoms with Crippen molar-refractivity contribution in [3.63, 3.8) is 0 Å². The molecule has 0 unspecified atom stereocenters. The van der Waals surface area contributed by atoms with Crippen LogP contribution in [-0.2, 0) is 6.54 Å². The molecule has 0 heterocycles. The van der Waals surface area contributed by atoms with Crippen molar-refractivity contribution in [2.75, 3.05) is 5.32 Å². The molecule has 3 heteroatoms. The van der Waals surface area contributed by atoms with Gasteiger partial charge in [0.2, 0.25) is 0 Å². The van der Waals surface area contributed by atoms with Crippen molar-refractivity contribution in [1.29, 1.82) is 5.26 Å². The lowest BCUT2D eigenvalue weighted by atomic mass is 10.1. The number of phenolic OH excluding ortho intramolecular Hbond substituents is 1. The van der Waals surface area contributed by atoms with E-state index >= 15 is 0 Å². The highest BCUT2D eigenvalue weighted by Gasteiger charge is 2.05. The number of nitrogens with zero attached hydrogens (tertiary/aromatic N) is 1. The summed E-state index contributed by atoms with van der Waals surface area (Å²) in [6.07, 6.45) is 0. The molecule has 0 aliphatic rings. The molecule has 3 nitrogen and oxygen atoms in total. The molecule has 0 saturated heterocycles. The predicted molar refractivity (Wildman–Crippen MR) is 80.8 cm³/mol. The van der Waals surface area contributed by atoms with Crippen LogP contribution in [0.1, 0.15) is 27.8 Å². The van der Waals surface area contributed by atoms with Gasteiger partial charge in [0.25, 0.3) is 0 Å². The molecule has 2 aromatic rings. The van der Waals surface area contributed by atoms with E-state index < -0.39 is 0 Å². The highest BCUT2D eigenvalue weighted by molar-refractivity contribution is 5.55. The quantitative estimate of drug-likeness (QED) is 0.888. The largest absolute Gasteiger partial charge is 0.507 e. The summed E-state index contributed by atoms with van der Waals surface area (Å²) >= 11 is 0. The molecular weight excluding hydrogens is 248 g/mol. The van der Waals surface area contributed by atoms with Crippen LogP contribution in [0.5, 0.6) is 5.75 Å². The Labute approximate surface area is 119 Å². The monoisotopic (exact) mass is 266 g/mol. The Bertz CT molecular complexity index is 661. The Kier molecular flexibility index (Phi) is 3.95. The van der Waals surface area contributed by atoms with Crippen molar-refractivity contribution < 1.29 is 5.11 Å².